The number of anilines is 1. The van der Waals surface area contributed by atoms with Crippen LogP contribution in [0.1, 0.15) is 18.2 Å². The van der Waals surface area contributed by atoms with Crippen LogP contribution in [0, 0.1) is 0 Å². The largest absolute Gasteiger partial charge is 0.465 e. The first kappa shape index (κ1) is 15.4. The van der Waals surface area contributed by atoms with Crippen molar-refractivity contribution >= 4 is 23.5 Å². The number of nitrogen functional groups attached to an aromatic ring is 1. The molecule has 2 aromatic heterocycles. The van der Waals surface area contributed by atoms with Gasteiger partial charge in [0, 0.05) is 37.1 Å². The van der Waals surface area contributed by atoms with Crippen LogP contribution in [-0.4, -0.2) is 32.9 Å². The number of ether oxygens (including phenoxy) is 1. The van der Waals surface area contributed by atoms with Gasteiger partial charge in [-0.25, -0.2) is 9.97 Å². The van der Waals surface area contributed by atoms with Gasteiger partial charge < -0.3 is 15.0 Å². The van der Waals surface area contributed by atoms with Gasteiger partial charge in [-0.1, -0.05) is 11.8 Å². The molecule has 2 aromatic rings. The van der Waals surface area contributed by atoms with Crippen LogP contribution in [0.5, 0.6) is 0 Å². The normalized spacial score (nSPS) is 10.6. The van der Waals surface area contributed by atoms with Gasteiger partial charge in [-0.3, -0.25) is 4.79 Å². The summed E-state index contributed by atoms with van der Waals surface area (Å²) in [5.41, 5.74) is 7.97. The first-order valence-electron chi connectivity index (χ1n) is 6.60. The highest BCUT2D eigenvalue weighted by molar-refractivity contribution is 7.99. The Hall–Kier alpha value is -2.02. The van der Waals surface area contributed by atoms with Gasteiger partial charge in [0.1, 0.15) is 5.82 Å². The van der Waals surface area contributed by atoms with Gasteiger partial charge in [-0.15, -0.1) is 0 Å². The number of hydrogen-bond acceptors (Lipinski definition) is 6. The second-order valence-corrected chi connectivity index (χ2v) is 5.39. The van der Waals surface area contributed by atoms with Crippen LogP contribution in [0.15, 0.2) is 29.7 Å². The number of hydrogen-bond donors (Lipinski definition) is 1. The molecule has 2 N–H and O–H groups in total. The molecule has 0 saturated heterocycles. The lowest BCUT2D eigenvalue weighted by Gasteiger charge is -2.07. The van der Waals surface area contributed by atoms with Crippen LogP contribution < -0.4 is 5.73 Å². The van der Waals surface area contributed by atoms with Crippen molar-refractivity contribution in [1.29, 1.82) is 0 Å². The van der Waals surface area contributed by atoms with Crippen LogP contribution in [-0.2, 0) is 23.0 Å². The molecule has 6 nitrogen and oxygen atoms in total. The van der Waals surface area contributed by atoms with Gasteiger partial charge >= 0.3 is 5.97 Å². The second kappa shape index (κ2) is 7.12. The number of thioether (sulfide) groups is 1. The maximum atomic E-state index is 11.3. The smallest absolute Gasteiger partial charge is 0.316 e. The summed E-state index contributed by atoms with van der Waals surface area (Å²) in [6, 6.07) is 4.01. The third-order valence-corrected chi connectivity index (χ3v) is 3.76. The Morgan fingerprint density at radius 3 is 2.95 bits per heavy atom. The van der Waals surface area contributed by atoms with E-state index < -0.39 is 0 Å². The van der Waals surface area contributed by atoms with Crippen molar-refractivity contribution in [3.8, 4) is 0 Å². The predicted octanol–water partition coefficient (Wildman–Crippen LogP) is 1.64. The lowest BCUT2D eigenvalue weighted by molar-refractivity contribution is -0.139. The van der Waals surface area contributed by atoms with E-state index in [1.807, 2.05) is 29.9 Å². The number of nitrogens with two attached hydrogens (primary N) is 1. The van der Waals surface area contributed by atoms with Gasteiger partial charge in [-0.2, -0.15) is 0 Å². The van der Waals surface area contributed by atoms with E-state index in [-0.39, 0.29) is 11.7 Å². The zero-order valence-corrected chi connectivity index (χ0v) is 12.9. The average molecular weight is 306 g/mol. The van der Waals surface area contributed by atoms with Crippen molar-refractivity contribution in [2.45, 2.75) is 18.5 Å². The number of carbonyl (C=O) groups is 1. The monoisotopic (exact) mass is 306 g/mol. The van der Waals surface area contributed by atoms with Crippen LogP contribution in [0.3, 0.4) is 0 Å². The third-order valence-electron chi connectivity index (χ3n) is 2.92. The fourth-order valence-corrected chi connectivity index (χ4v) is 2.43. The molecule has 2 heterocycles. The molecule has 0 aliphatic carbocycles. The minimum atomic E-state index is -0.280. The molecule has 21 heavy (non-hydrogen) atoms. The van der Waals surface area contributed by atoms with Crippen LogP contribution in [0.25, 0.3) is 0 Å². The van der Waals surface area contributed by atoms with Crippen molar-refractivity contribution in [3.05, 3.63) is 35.8 Å². The fourth-order valence-electron chi connectivity index (χ4n) is 1.81. The van der Waals surface area contributed by atoms with Gasteiger partial charge in [0.25, 0.3) is 0 Å². The van der Waals surface area contributed by atoms with E-state index in [4.69, 9.17) is 10.5 Å². The Bertz CT molecular complexity index is 627. The Balaban J connectivity index is 2.00. The Kier molecular flexibility index (Phi) is 5.21. The molecule has 112 valence electrons. The molecule has 0 radical (unpaired) electrons. The summed E-state index contributed by atoms with van der Waals surface area (Å²) in [6.07, 6.45) is 4.37. The van der Waals surface area contributed by atoms with E-state index >= 15 is 0 Å². The molecule has 0 atom stereocenters. The number of rotatable bonds is 6. The Morgan fingerprint density at radius 1 is 1.52 bits per heavy atom. The summed E-state index contributed by atoms with van der Waals surface area (Å²) < 4.78 is 6.88. The lowest BCUT2D eigenvalue weighted by Crippen LogP contribution is -2.08. The highest BCUT2D eigenvalue weighted by atomic mass is 32.2. The van der Waals surface area contributed by atoms with E-state index in [1.165, 1.54) is 11.8 Å². The molecule has 0 fully saturated rings. The number of aryl methyl sites for hydroxylation is 1. The molecule has 0 aliphatic rings. The quantitative estimate of drug-likeness (QED) is 0.496. The summed E-state index contributed by atoms with van der Waals surface area (Å²) in [5.74, 6) is 0.347. The molecule has 0 bridgehead atoms. The van der Waals surface area contributed by atoms with Crippen molar-refractivity contribution < 1.29 is 9.53 Å². The van der Waals surface area contributed by atoms with Gasteiger partial charge in [0.15, 0.2) is 5.16 Å². The number of carbonyl (C=O) groups excluding carboxylic acids is 1. The molecular formula is C14H18N4O2S. The van der Waals surface area contributed by atoms with Gasteiger partial charge in [0.2, 0.25) is 0 Å². The molecule has 7 heteroatoms. The van der Waals surface area contributed by atoms with Crippen LogP contribution >= 0.6 is 11.8 Å². The van der Waals surface area contributed by atoms with Gasteiger partial charge in [-0.05, 0) is 19.1 Å². The minimum Gasteiger partial charge on any atom is -0.465 e. The summed E-state index contributed by atoms with van der Waals surface area (Å²) in [6.45, 7) is 2.15. The Labute approximate surface area is 127 Å². The number of nitrogens with zero attached hydrogens (tertiary/aromatic N) is 3. The zero-order chi connectivity index (χ0) is 15.2. The highest BCUT2D eigenvalue weighted by Gasteiger charge is 2.09. The third kappa shape index (κ3) is 4.22. The minimum absolute atomic E-state index is 0.185. The van der Waals surface area contributed by atoms with E-state index in [0.29, 0.717) is 24.0 Å². The maximum absolute atomic E-state index is 11.3. The van der Waals surface area contributed by atoms with Gasteiger partial charge in [0.05, 0.1) is 12.4 Å². The van der Waals surface area contributed by atoms with Crippen LogP contribution in [0.2, 0.25) is 0 Å². The highest BCUT2D eigenvalue weighted by Crippen LogP contribution is 2.19. The summed E-state index contributed by atoms with van der Waals surface area (Å²) in [7, 11) is 1.98. The van der Waals surface area contributed by atoms with Crippen molar-refractivity contribution in [1.82, 2.24) is 14.5 Å². The lowest BCUT2D eigenvalue weighted by atomic mass is 10.2. The standard InChI is InChI=1S/C14H18N4O2S/c1-3-20-12(19)9-21-14-16-8-10(13(15)17-14)7-11-5-4-6-18(11)2/h4-6,8H,3,7,9H2,1-2H3,(H2,15,16,17). The van der Waals surface area contributed by atoms with Crippen LogP contribution in [0.4, 0.5) is 5.82 Å². The SMILES string of the molecule is CCOC(=O)CSc1ncc(Cc2cccn2C)c(N)n1. The van der Waals surface area contributed by atoms with E-state index in [0.717, 1.165) is 11.3 Å². The van der Waals surface area contributed by atoms with E-state index in [9.17, 15) is 4.79 Å². The summed E-state index contributed by atoms with van der Waals surface area (Å²) in [5, 5.41) is 0.483. The van der Waals surface area contributed by atoms with E-state index in [2.05, 4.69) is 9.97 Å². The second-order valence-electron chi connectivity index (χ2n) is 4.44. The van der Waals surface area contributed by atoms with E-state index in [1.54, 1.807) is 13.1 Å². The molecule has 0 aliphatic heterocycles. The van der Waals surface area contributed by atoms with Crippen molar-refractivity contribution in [3.63, 3.8) is 0 Å². The van der Waals surface area contributed by atoms with Crippen molar-refractivity contribution in [2.24, 2.45) is 7.05 Å². The molecule has 0 unspecified atom stereocenters. The average Bonchev–Trinajstić information content (AvgIpc) is 2.85. The topological polar surface area (TPSA) is 83.0 Å². The molecule has 0 amide bonds. The molecule has 0 aromatic carbocycles. The molecule has 2 rings (SSSR count). The first-order valence-corrected chi connectivity index (χ1v) is 7.58. The first-order chi connectivity index (χ1) is 10.1. The predicted molar refractivity (Wildman–Crippen MR) is 82.0 cm³/mol. The maximum Gasteiger partial charge on any atom is 0.316 e. The Morgan fingerprint density at radius 2 is 2.33 bits per heavy atom. The number of aromatic nitrogens is 3. The molecular weight excluding hydrogens is 288 g/mol. The summed E-state index contributed by atoms with van der Waals surface area (Å²) >= 11 is 1.22. The number of esters is 1. The fraction of sp³-hybridized carbons (Fsp3) is 0.357. The van der Waals surface area contributed by atoms with Crippen molar-refractivity contribution in [2.75, 3.05) is 18.1 Å². The zero-order valence-electron chi connectivity index (χ0n) is 12.1. The summed E-state index contributed by atoms with van der Waals surface area (Å²) in [4.78, 5) is 19.7. The molecule has 0 saturated carbocycles. The molecule has 0 spiro atoms.